The lowest BCUT2D eigenvalue weighted by Gasteiger charge is -2.13. The zero-order valence-corrected chi connectivity index (χ0v) is 19.1. The van der Waals surface area contributed by atoms with Gasteiger partial charge in [0, 0.05) is 27.6 Å². The second kappa shape index (κ2) is 9.49. The van der Waals surface area contributed by atoms with Gasteiger partial charge in [0.2, 0.25) is 0 Å². The standard InChI is InChI=1S/C23H19BrN4O4/c1-14-9-16(10-17(13-25)23(29)26-19-6-4-5-18(24)11-19)15(2)27(14)21-8-7-20(28(30)31)12-22(21)32-3/h4-12H,1-3H3,(H,26,29)/b17-10-. The van der Waals surface area contributed by atoms with Gasteiger partial charge in [-0.25, -0.2) is 0 Å². The van der Waals surface area contributed by atoms with Gasteiger partial charge in [0.1, 0.15) is 17.4 Å². The number of nitriles is 1. The molecule has 1 aromatic heterocycles. The summed E-state index contributed by atoms with van der Waals surface area (Å²) in [5, 5.41) is 23.4. The fourth-order valence-electron chi connectivity index (χ4n) is 3.34. The summed E-state index contributed by atoms with van der Waals surface area (Å²) in [5.74, 6) is -0.187. The molecule has 0 fully saturated rings. The number of non-ortho nitro benzene ring substituents is 1. The summed E-state index contributed by atoms with van der Waals surface area (Å²) in [6, 6.07) is 15.2. The highest BCUT2D eigenvalue weighted by atomic mass is 79.9. The Bertz CT molecular complexity index is 1290. The molecule has 162 valence electrons. The van der Waals surface area contributed by atoms with E-state index in [1.807, 2.05) is 36.6 Å². The Morgan fingerprint density at radius 2 is 2.00 bits per heavy atom. The highest BCUT2D eigenvalue weighted by Gasteiger charge is 2.18. The fraction of sp³-hybridized carbons (Fsp3) is 0.130. The summed E-state index contributed by atoms with van der Waals surface area (Å²) in [6.07, 6.45) is 1.52. The van der Waals surface area contributed by atoms with Crippen molar-refractivity contribution in [2.24, 2.45) is 0 Å². The number of nitro benzene ring substituents is 1. The number of aryl methyl sites for hydroxylation is 1. The largest absolute Gasteiger partial charge is 0.494 e. The highest BCUT2D eigenvalue weighted by Crippen LogP contribution is 2.32. The number of benzene rings is 2. The van der Waals surface area contributed by atoms with Gasteiger partial charge < -0.3 is 14.6 Å². The van der Waals surface area contributed by atoms with Crippen molar-refractivity contribution in [2.75, 3.05) is 12.4 Å². The van der Waals surface area contributed by atoms with Gasteiger partial charge in [-0.05, 0) is 55.8 Å². The minimum Gasteiger partial charge on any atom is -0.494 e. The van der Waals surface area contributed by atoms with Crippen LogP contribution < -0.4 is 10.1 Å². The topological polar surface area (TPSA) is 110 Å². The molecule has 0 bridgehead atoms. The number of halogens is 1. The second-order valence-corrected chi connectivity index (χ2v) is 7.83. The van der Waals surface area contributed by atoms with Crippen LogP contribution in [0.25, 0.3) is 11.8 Å². The number of nitrogens with one attached hydrogen (secondary N) is 1. The number of carbonyl (C=O) groups excluding carboxylic acids is 1. The van der Waals surface area contributed by atoms with Crippen LogP contribution in [0.3, 0.4) is 0 Å². The summed E-state index contributed by atoms with van der Waals surface area (Å²) in [4.78, 5) is 23.2. The number of nitro groups is 1. The lowest BCUT2D eigenvalue weighted by molar-refractivity contribution is -0.384. The molecule has 3 aromatic rings. The number of hydrogen-bond donors (Lipinski definition) is 1. The summed E-state index contributed by atoms with van der Waals surface area (Å²) in [7, 11) is 1.44. The van der Waals surface area contributed by atoms with Crippen LogP contribution in [0.15, 0.2) is 58.6 Å². The van der Waals surface area contributed by atoms with E-state index in [0.717, 1.165) is 15.9 Å². The number of ether oxygens (including phenoxy) is 1. The molecule has 3 rings (SSSR count). The first-order chi connectivity index (χ1) is 15.2. The van der Waals surface area contributed by atoms with E-state index in [9.17, 15) is 20.2 Å². The molecule has 0 aliphatic heterocycles. The minimum absolute atomic E-state index is 0.0547. The van der Waals surface area contributed by atoms with E-state index in [1.54, 1.807) is 24.3 Å². The lowest BCUT2D eigenvalue weighted by Crippen LogP contribution is -2.13. The molecule has 0 spiro atoms. The van der Waals surface area contributed by atoms with E-state index in [0.29, 0.717) is 22.7 Å². The van der Waals surface area contributed by atoms with Gasteiger partial charge in [0.25, 0.3) is 11.6 Å². The predicted octanol–water partition coefficient (Wildman–Crippen LogP) is 5.32. The maximum atomic E-state index is 12.6. The second-order valence-electron chi connectivity index (χ2n) is 6.91. The molecule has 0 radical (unpaired) electrons. The molecule has 0 saturated carbocycles. The third-order valence-electron chi connectivity index (χ3n) is 4.83. The first-order valence-electron chi connectivity index (χ1n) is 9.45. The molecule has 32 heavy (non-hydrogen) atoms. The van der Waals surface area contributed by atoms with Crippen LogP contribution in [-0.2, 0) is 4.79 Å². The number of rotatable bonds is 6. The third kappa shape index (κ3) is 4.71. The molecule has 2 aromatic carbocycles. The van der Waals surface area contributed by atoms with Crippen molar-refractivity contribution >= 4 is 39.3 Å². The van der Waals surface area contributed by atoms with Gasteiger partial charge in [-0.3, -0.25) is 14.9 Å². The van der Waals surface area contributed by atoms with Crippen LogP contribution in [0.4, 0.5) is 11.4 Å². The SMILES string of the molecule is COc1cc([N+](=O)[O-])ccc1-n1c(C)cc(/C=C(/C#N)C(=O)Nc2cccc(Br)c2)c1C. The van der Waals surface area contributed by atoms with Crippen molar-refractivity contribution in [1.82, 2.24) is 4.57 Å². The van der Waals surface area contributed by atoms with Gasteiger partial charge in [-0.1, -0.05) is 22.0 Å². The Kier molecular flexibility index (Phi) is 6.76. The number of amides is 1. The smallest absolute Gasteiger partial charge is 0.273 e. The van der Waals surface area contributed by atoms with Crippen LogP contribution >= 0.6 is 15.9 Å². The molecule has 0 aliphatic rings. The van der Waals surface area contributed by atoms with Crippen molar-refractivity contribution < 1.29 is 14.5 Å². The van der Waals surface area contributed by atoms with E-state index in [-0.39, 0.29) is 11.3 Å². The average molecular weight is 495 g/mol. The maximum absolute atomic E-state index is 12.6. The minimum atomic E-state index is -0.525. The van der Waals surface area contributed by atoms with Crippen LogP contribution in [0.1, 0.15) is 17.0 Å². The van der Waals surface area contributed by atoms with Crippen LogP contribution in [0.2, 0.25) is 0 Å². The van der Waals surface area contributed by atoms with Crippen LogP contribution in [0.5, 0.6) is 5.75 Å². The monoisotopic (exact) mass is 494 g/mol. The molecule has 0 saturated heterocycles. The number of carbonyl (C=O) groups is 1. The molecule has 0 unspecified atom stereocenters. The van der Waals surface area contributed by atoms with E-state index in [1.165, 1.54) is 25.3 Å². The van der Waals surface area contributed by atoms with E-state index in [2.05, 4.69) is 21.2 Å². The summed E-state index contributed by atoms with van der Waals surface area (Å²) < 4.78 is 8.03. The molecule has 1 amide bonds. The summed E-state index contributed by atoms with van der Waals surface area (Å²) >= 11 is 3.35. The summed E-state index contributed by atoms with van der Waals surface area (Å²) in [5.41, 5.74) is 3.27. The fourth-order valence-corrected chi connectivity index (χ4v) is 3.74. The molecule has 8 nitrogen and oxygen atoms in total. The summed E-state index contributed by atoms with van der Waals surface area (Å²) in [6.45, 7) is 3.69. The normalized spacial score (nSPS) is 11.0. The number of nitrogens with zero attached hydrogens (tertiary/aromatic N) is 3. The zero-order valence-electron chi connectivity index (χ0n) is 17.5. The Morgan fingerprint density at radius 1 is 1.25 bits per heavy atom. The Hall–Kier alpha value is -3.90. The number of hydrogen-bond acceptors (Lipinski definition) is 5. The zero-order chi connectivity index (χ0) is 23.4. The lowest BCUT2D eigenvalue weighted by atomic mass is 10.1. The Labute approximate surface area is 193 Å². The van der Waals surface area contributed by atoms with Gasteiger partial charge >= 0.3 is 0 Å². The molecular formula is C23H19BrN4O4. The molecule has 1 heterocycles. The number of aromatic nitrogens is 1. The first kappa shape index (κ1) is 22.8. The Morgan fingerprint density at radius 3 is 2.62 bits per heavy atom. The molecule has 1 N–H and O–H groups in total. The predicted molar refractivity (Wildman–Crippen MR) is 125 cm³/mol. The molecule has 0 aliphatic carbocycles. The van der Waals surface area contributed by atoms with Gasteiger partial charge in [-0.15, -0.1) is 0 Å². The van der Waals surface area contributed by atoms with Gasteiger partial charge in [0.15, 0.2) is 0 Å². The average Bonchev–Trinajstić information content (AvgIpc) is 3.04. The Balaban J connectivity index is 1.99. The molecular weight excluding hydrogens is 476 g/mol. The highest BCUT2D eigenvalue weighted by molar-refractivity contribution is 9.10. The van der Waals surface area contributed by atoms with Crippen LogP contribution in [-0.4, -0.2) is 22.5 Å². The van der Waals surface area contributed by atoms with E-state index < -0.39 is 10.8 Å². The van der Waals surface area contributed by atoms with Crippen LogP contribution in [0, 0.1) is 35.3 Å². The maximum Gasteiger partial charge on any atom is 0.273 e. The van der Waals surface area contributed by atoms with Gasteiger partial charge in [-0.2, -0.15) is 5.26 Å². The van der Waals surface area contributed by atoms with Crippen molar-refractivity contribution in [3.63, 3.8) is 0 Å². The van der Waals surface area contributed by atoms with Crippen molar-refractivity contribution in [2.45, 2.75) is 13.8 Å². The third-order valence-corrected chi connectivity index (χ3v) is 5.33. The van der Waals surface area contributed by atoms with Crippen molar-refractivity contribution in [3.05, 3.63) is 85.6 Å². The van der Waals surface area contributed by atoms with E-state index >= 15 is 0 Å². The van der Waals surface area contributed by atoms with Crippen molar-refractivity contribution in [1.29, 1.82) is 5.26 Å². The quantitative estimate of drug-likeness (QED) is 0.215. The number of methoxy groups -OCH3 is 1. The van der Waals surface area contributed by atoms with Gasteiger partial charge in [0.05, 0.1) is 23.8 Å². The number of anilines is 1. The van der Waals surface area contributed by atoms with Crippen molar-refractivity contribution in [3.8, 4) is 17.5 Å². The van der Waals surface area contributed by atoms with E-state index in [4.69, 9.17) is 4.74 Å². The molecule has 9 heteroatoms. The first-order valence-corrected chi connectivity index (χ1v) is 10.2. The molecule has 0 atom stereocenters.